The summed E-state index contributed by atoms with van der Waals surface area (Å²) in [6.45, 7) is 6.44. The second-order valence-electron chi connectivity index (χ2n) is 5.72. The number of halogens is 1. The smallest absolute Gasteiger partial charge is 0.261 e. The number of hydrogen-bond donors (Lipinski definition) is 1. The highest BCUT2D eigenvalue weighted by Gasteiger charge is 2.17. The van der Waals surface area contributed by atoms with Gasteiger partial charge in [0.2, 0.25) is 0 Å². The first-order chi connectivity index (χ1) is 11.3. The third-order valence-electron chi connectivity index (χ3n) is 3.57. The molecule has 0 aliphatic heterocycles. The lowest BCUT2D eigenvalue weighted by Crippen LogP contribution is -2.14. The molecule has 0 aromatic heterocycles. The van der Waals surface area contributed by atoms with Crippen molar-refractivity contribution >= 4 is 27.3 Å². The molecule has 0 heterocycles. The fourth-order valence-corrected chi connectivity index (χ4v) is 3.86. The molecule has 4 nitrogen and oxygen atoms in total. The zero-order valence-electron chi connectivity index (χ0n) is 14.1. The summed E-state index contributed by atoms with van der Waals surface area (Å²) in [7, 11) is -3.70. The number of sulfonamides is 1. The summed E-state index contributed by atoms with van der Waals surface area (Å²) in [5.74, 6) is 0.659. The minimum atomic E-state index is -3.70. The zero-order chi connectivity index (χ0) is 17.7. The van der Waals surface area contributed by atoms with Gasteiger partial charge in [0.05, 0.1) is 22.2 Å². The van der Waals surface area contributed by atoms with Gasteiger partial charge in [0.15, 0.2) is 0 Å². The van der Waals surface area contributed by atoms with Crippen LogP contribution in [0.5, 0.6) is 5.75 Å². The molecule has 2 rings (SSSR count). The van der Waals surface area contributed by atoms with Crippen LogP contribution in [0.4, 0.5) is 5.69 Å². The van der Waals surface area contributed by atoms with Crippen LogP contribution in [0.25, 0.3) is 0 Å². The van der Waals surface area contributed by atoms with E-state index in [0.29, 0.717) is 23.1 Å². The van der Waals surface area contributed by atoms with Crippen molar-refractivity contribution in [2.45, 2.75) is 38.5 Å². The Hall–Kier alpha value is -1.72. The van der Waals surface area contributed by atoms with Crippen LogP contribution in [0.3, 0.4) is 0 Å². The molecule has 0 amide bonds. The molecule has 0 unspecified atom stereocenters. The molecule has 0 aliphatic rings. The minimum absolute atomic E-state index is 0.168. The molecule has 0 saturated carbocycles. The first kappa shape index (κ1) is 18.6. The third kappa shape index (κ3) is 4.65. The van der Waals surface area contributed by atoms with Gasteiger partial charge in [-0.3, -0.25) is 4.72 Å². The van der Waals surface area contributed by atoms with E-state index in [1.165, 1.54) is 12.1 Å². The summed E-state index contributed by atoms with van der Waals surface area (Å²) >= 11 is 6.18. The Balaban J connectivity index is 2.19. The number of aryl methyl sites for hydroxylation is 2. The number of benzene rings is 2. The number of anilines is 1. The van der Waals surface area contributed by atoms with E-state index in [9.17, 15) is 8.42 Å². The lowest BCUT2D eigenvalue weighted by molar-refractivity contribution is 0.309. The van der Waals surface area contributed by atoms with Crippen molar-refractivity contribution in [3.8, 4) is 5.75 Å². The van der Waals surface area contributed by atoms with Crippen LogP contribution in [0.2, 0.25) is 5.02 Å². The number of ether oxygens (including phenoxy) is 1. The maximum absolute atomic E-state index is 12.6. The summed E-state index contributed by atoms with van der Waals surface area (Å²) < 4.78 is 33.2. The molecular formula is C18H22ClNO3S. The van der Waals surface area contributed by atoms with Crippen molar-refractivity contribution in [1.29, 1.82) is 0 Å². The normalized spacial score (nSPS) is 11.3. The highest BCUT2D eigenvalue weighted by Crippen LogP contribution is 2.29. The molecule has 0 spiro atoms. The summed E-state index contributed by atoms with van der Waals surface area (Å²) in [6.07, 6.45) is 2.01. The van der Waals surface area contributed by atoms with E-state index in [1.807, 2.05) is 19.9 Å². The van der Waals surface area contributed by atoms with Crippen LogP contribution in [-0.4, -0.2) is 15.0 Å². The molecule has 0 fully saturated rings. The first-order valence-electron chi connectivity index (χ1n) is 7.86. The second kappa shape index (κ2) is 7.90. The predicted octanol–water partition coefficient (Wildman–Crippen LogP) is 4.94. The largest absolute Gasteiger partial charge is 0.494 e. The Morgan fingerprint density at radius 1 is 1.12 bits per heavy atom. The highest BCUT2D eigenvalue weighted by atomic mass is 35.5. The van der Waals surface area contributed by atoms with Gasteiger partial charge in [-0.25, -0.2) is 8.42 Å². The molecule has 0 atom stereocenters. The molecule has 0 saturated heterocycles. The number of hydrogen-bond acceptors (Lipinski definition) is 3. The van der Waals surface area contributed by atoms with Crippen molar-refractivity contribution in [3.05, 3.63) is 52.5 Å². The van der Waals surface area contributed by atoms with Gasteiger partial charge >= 0.3 is 0 Å². The zero-order valence-corrected chi connectivity index (χ0v) is 15.7. The van der Waals surface area contributed by atoms with Gasteiger partial charge in [-0.2, -0.15) is 0 Å². The van der Waals surface area contributed by atoms with Gasteiger partial charge in [-0.15, -0.1) is 0 Å². The van der Waals surface area contributed by atoms with Crippen molar-refractivity contribution < 1.29 is 13.2 Å². The molecule has 0 radical (unpaired) electrons. The van der Waals surface area contributed by atoms with E-state index in [4.69, 9.17) is 16.3 Å². The second-order valence-corrected chi connectivity index (χ2v) is 7.81. The fraction of sp³-hybridized carbons (Fsp3) is 0.333. The van der Waals surface area contributed by atoms with E-state index in [1.54, 1.807) is 18.2 Å². The van der Waals surface area contributed by atoms with Crippen molar-refractivity contribution in [2.24, 2.45) is 0 Å². The number of unbranched alkanes of at least 4 members (excludes halogenated alkanes) is 1. The average molecular weight is 368 g/mol. The molecule has 6 heteroatoms. The van der Waals surface area contributed by atoms with Gasteiger partial charge in [0.1, 0.15) is 5.75 Å². The average Bonchev–Trinajstić information content (AvgIpc) is 2.52. The lowest BCUT2D eigenvalue weighted by atomic mass is 10.1. The van der Waals surface area contributed by atoms with Crippen LogP contribution in [0.15, 0.2) is 41.3 Å². The van der Waals surface area contributed by atoms with Crippen molar-refractivity contribution in [3.63, 3.8) is 0 Å². The van der Waals surface area contributed by atoms with Gasteiger partial charge in [-0.1, -0.05) is 31.0 Å². The van der Waals surface area contributed by atoms with Crippen LogP contribution >= 0.6 is 11.6 Å². The maximum atomic E-state index is 12.6. The molecule has 1 N–H and O–H groups in total. The predicted molar refractivity (Wildman–Crippen MR) is 98.6 cm³/mol. The molecule has 2 aromatic rings. The standard InChI is InChI=1S/C18H22ClNO3S/c1-4-5-10-23-15-6-8-16(9-7-15)24(21,22)20-18-14(3)11-13(2)12-17(18)19/h6-9,11-12,20H,4-5,10H2,1-3H3. The fourth-order valence-electron chi connectivity index (χ4n) is 2.29. The molecular weight excluding hydrogens is 346 g/mol. The maximum Gasteiger partial charge on any atom is 0.261 e. The van der Waals surface area contributed by atoms with E-state index >= 15 is 0 Å². The van der Waals surface area contributed by atoms with Crippen LogP contribution in [0, 0.1) is 13.8 Å². The Bertz CT molecular complexity index is 779. The minimum Gasteiger partial charge on any atom is -0.494 e. The summed E-state index contributed by atoms with van der Waals surface area (Å²) in [4.78, 5) is 0.168. The van der Waals surface area contributed by atoms with Gasteiger partial charge in [0, 0.05) is 0 Å². The quantitative estimate of drug-likeness (QED) is 0.705. The number of nitrogens with one attached hydrogen (secondary N) is 1. The highest BCUT2D eigenvalue weighted by molar-refractivity contribution is 7.92. The summed E-state index contributed by atoms with van der Waals surface area (Å²) in [6, 6.07) is 10.00. The van der Waals surface area contributed by atoms with Crippen LogP contribution in [-0.2, 0) is 10.0 Å². The van der Waals surface area contributed by atoms with Gasteiger partial charge < -0.3 is 4.74 Å². The van der Waals surface area contributed by atoms with Gasteiger partial charge in [-0.05, 0) is 61.7 Å². The Labute approximate surface area is 148 Å². The third-order valence-corrected chi connectivity index (χ3v) is 5.23. The molecule has 2 aromatic carbocycles. The molecule has 24 heavy (non-hydrogen) atoms. The number of rotatable bonds is 7. The SMILES string of the molecule is CCCCOc1ccc(S(=O)(=O)Nc2c(C)cc(C)cc2Cl)cc1. The van der Waals surface area contributed by atoms with E-state index in [-0.39, 0.29) is 4.90 Å². The van der Waals surface area contributed by atoms with Crippen molar-refractivity contribution in [1.82, 2.24) is 0 Å². The van der Waals surface area contributed by atoms with Crippen LogP contribution in [0.1, 0.15) is 30.9 Å². The van der Waals surface area contributed by atoms with E-state index < -0.39 is 10.0 Å². The Morgan fingerprint density at radius 3 is 2.38 bits per heavy atom. The Morgan fingerprint density at radius 2 is 1.79 bits per heavy atom. The molecule has 130 valence electrons. The summed E-state index contributed by atoms with van der Waals surface area (Å²) in [5, 5.41) is 0.385. The van der Waals surface area contributed by atoms with Gasteiger partial charge in [0.25, 0.3) is 10.0 Å². The summed E-state index contributed by atoms with van der Waals surface area (Å²) in [5.41, 5.74) is 2.17. The van der Waals surface area contributed by atoms with E-state index in [0.717, 1.165) is 24.0 Å². The van der Waals surface area contributed by atoms with Crippen LogP contribution < -0.4 is 9.46 Å². The monoisotopic (exact) mass is 367 g/mol. The van der Waals surface area contributed by atoms with E-state index in [2.05, 4.69) is 11.6 Å². The molecule has 0 bridgehead atoms. The topological polar surface area (TPSA) is 55.4 Å². The lowest BCUT2D eigenvalue weighted by Gasteiger charge is -2.13. The van der Waals surface area contributed by atoms with Crippen molar-refractivity contribution in [2.75, 3.05) is 11.3 Å². The Kier molecular flexibility index (Phi) is 6.13. The first-order valence-corrected chi connectivity index (χ1v) is 9.72. The molecule has 0 aliphatic carbocycles.